The molecule has 0 aliphatic carbocycles. The van der Waals surface area contributed by atoms with Crippen molar-refractivity contribution in [2.24, 2.45) is 0 Å². The predicted octanol–water partition coefficient (Wildman–Crippen LogP) is 2.99. The average Bonchev–Trinajstić information content (AvgIpc) is 2.14. The molecule has 0 fully saturated rings. The highest BCUT2D eigenvalue weighted by molar-refractivity contribution is 5.66. The molecule has 0 aliphatic heterocycles. The Morgan fingerprint density at radius 3 is 2.33 bits per heavy atom. The highest BCUT2D eigenvalue weighted by atomic mass is 19.1. The van der Waals surface area contributed by atoms with Gasteiger partial charge in [-0.3, -0.25) is 0 Å². The molecule has 0 bridgehead atoms. The van der Waals surface area contributed by atoms with E-state index in [0.717, 1.165) is 12.8 Å². The third-order valence-electron chi connectivity index (χ3n) is 2.13. The standard InChI is InChI=1S/C11H22FNO2/c1-5-6-10(8-7-9(2)12)15-11(14)13(3)4/h9-10H,5-8H2,1-4H3. The Labute approximate surface area is 91.6 Å². The molecule has 1 amide bonds. The second-order valence-corrected chi connectivity index (χ2v) is 4.05. The van der Waals surface area contributed by atoms with Crippen LogP contribution in [0.2, 0.25) is 0 Å². The Hall–Kier alpha value is -0.800. The Morgan fingerprint density at radius 2 is 1.93 bits per heavy atom. The zero-order chi connectivity index (χ0) is 11.8. The second-order valence-electron chi connectivity index (χ2n) is 4.05. The van der Waals surface area contributed by atoms with Crippen LogP contribution in [0.3, 0.4) is 0 Å². The normalized spacial score (nSPS) is 14.5. The van der Waals surface area contributed by atoms with Crippen molar-refractivity contribution in [1.29, 1.82) is 0 Å². The third kappa shape index (κ3) is 7.17. The number of carbonyl (C=O) groups is 1. The smallest absolute Gasteiger partial charge is 0.409 e. The molecule has 2 unspecified atom stereocenters. The molecule has 0 saturated carbocycles. The van der Waals surface area contributed by atoms with Crippen LogP contribution in [0.25, 0.3) is 0 Å². The zero-order valence-corrected chi connectivity index (χ0v) is 10.1. The molecular weight excluding hydrogens is 197 g/mol. The summed E-state index contributed by atoms with van der Waals surface area (Å²) in [7, 11) is 3.28. The fourth-order valence-electron chi connectivity index (χ4n) is 1.25. The lowest BCUT2D eigenvalue weighted by molar-refractivity contribution is 0.0613. The quantitative estimate of drug-likeness (QED) is 0.687. The van der Waals surface area contributed by atoms with Gasteiger partial charge in [0.2, 0.25) is 0 Å². The molecule has 3 nitrogen and oxygen atoms in total. The minimum absolute atomic E-state index is 0.150. The van der Waals surface area contributed by atoms with Crippen molar-refractivity contribution >= 4 is 6.09 Å². The van der Waals surface area contributed by atoms with Crippen LogP contribution in [0.5, 0.6) is 0 Å². The second kappa shape index (κ2) is 7.49. The van der Waals surface area contributed by atoms with E-state index in [1.165, 1.54) is 11.8 Å². The molecule has 0 aliphatic rings. The molecule has 90 valence electrons. The van der Waals surface area contributed by atoms with Gasteiger partial charge in [-0.25, -0.2) is 9.18 Å². The summed E-state index contributed by atoms with van der Waals surface area (Å²) in [5.74, 6) is 0. The summed E-state index contributed by atoms with van der Waals surface area (Å²) >= 11 is 0. The van der Waals surface area contributed by atoms with Gasteiger partial charge in [-0.05, 0) is 26.2 Å². The van der Waals surface area contributed by atoms with Crippen LogP contribution in [0.15, 0.2) is 0 Å². The summed E-state index contributed by atoms with van der Waals surface area (Å²) in [6.45, 7) is 3.55. The molecule has 0 heterocycles. The number of amides is 1. The molecule has 0 saturated heterocycles. The number of halogens is 1. The average molecular weight is 219 g/mol. The fourth-order valence-corrected chi connectivity index (χ4v) is 1.25. The molecule has 0 N–H and O–H groups in total. The van der Waals surface area contributed by atoms with Gasteiger partial charge < -0.3 is 9.64 Å². The highest BCUT2D eigenvalue weighted by Gasteiger charge is 2.15. The lowest BCUT2D eigenvalue weighted by Gasteiger charge is -2.20. The Bertz CT molecular complexity index is 183. The summed E-state index contributed by atoms with van der Waals surface area (Å²) in [6, 6.07) is 0. The van der Waals surface area contributed by atoms with Gasteiger partial charge in [0.1, 0.15) is 6.10 Å². The zero-order valence-electron chi connectivity index (χ0n) is 10.1. The predicted molar refractivity (Wildman–Crippen MR) is 58.7 cm³/mol. The van der Waals surface area contributed by atoms with Gasteiger partial charge in [0, 0.05) is 14.1 Å². The van der Waals surface area contributed by atoms with E-state index < -0.39 is 6.17 Å². The van der Waals surface area contributed by atoms with Gasteiger partial charge in [-0.15, -0.1) is 0 Å². The van der Waals surface area contributed by atoms with Crippen molar-refractivity contribution < 1.29 is 13.9 Å². The van der Waals surface area contributed by atoms with Gasteiger partial charge in [-0.1, -0.05) is 13.3 Å². The maximum absolute atomic E-state index is 12.6. The van der Waals surface area contributed by atoms with Crippen LogP contribution in [0, 0.1) is 0 Å². The van der Waals surface area contributed by atoms with Crippen LogP contribution in [-0.4, -0.2) is 37.4 Å². The Kier molecular flexibility index (Phi) is 7.09. The van der Waals surface area contributed by atoms with Gasteiger partial charge in [0.05, 0.1) is 6.17 Å². The van der Waals surface area contributed by atoms with E-state index in [1.807, 2.05) is 6.92 Å². The summed E-state index contributed by atoms with van der Waals surface area (Å²) in [5, 5.41) is 0. The van der Waals surface area contributed by atoms with E-state index in [0.29, 0.717) is 12.8 Å². The minimum atomic E-state index is -0.831. The number of carbonyl (C=O) groups excluding carboxylic acids is 1. The van der Waals surface area contributed by atoms with E-state index in [1.54, 1.807) is 14.1 Å². The molecule has 4 heteroatoms. The Morgan fingerprint density at radius 1 is 1.33 bits per heavy atom. The van der Waals surface area contributed by atoms with Gasteiger partial charge in [-0.2, -0.15) is 0 Å². The van der Waals surface area contributed by atoms with E-state index in [-0.39, 0.29) is 12.2 Å². The number of rotatable bonds is 6. The summed E-state index contributed by atoms with van der Waals surface area (Å²) in [5.41, 5.74) is 0. The molecule has 15 heavy (non-hydrogen) atoms. The summed E-state index contributed by atoms with van der Waals surface area (Å²) in [6.07, 6.45) is 1.46. The van der Waals surface area contributed by atoms with Crippen molar-refractivity contribution in [3.05, 3.63) is 0 Å². The first kappa shape index (κ1) is 14.2. The molecule has 0 spiro atoms. The first-order valence-electron chi connectivity index (χ1n) is 5.49. The molecule has 0 aromatic heterocycles. The van der Waals surface area contributed by atoms with E-state index in [9.17, 15) is 9.18 Å². The number of ether oxygens (including phenoxy) is 1. The number of alkyl halides is 1. The number of nitrogens with zero attached hydrogens (tertiary/aromatic N) is 1. The van der Waals surface area contributed by atoms with Crippen LogP contribution >= 0.6 is 0 Å². The fraction of sp³-hybridized carbons (Fsp3) is 0.909. The lowest BCUT2D eigenvalue weighted by Crippen LogP contribution is -2.28. The monoisotopic (exact) mass is 219 g/mol. The van der Waals surface area contributed by atoms with Crippen LogP contribution in [0.4, 0.5) is 9.18 Å². The maximum Gasteiger partial charge on any atom is 0.409 e. The summed E-state index contributed by atoms with van der Waals surface area (Å²) < 4.78 is 17.9. The first-order valence-corrected chi connectivity index (χ1v) is 5.49. The topological polar surface area (TPSA) is 29.5 Å². The summed E-state index contributed by atoms with van der Waals surface area (Å²) in [4.78, 5) is 12.7. The van der Waals surface area contributed by atoms with Crippen LogP contribution in [0.1, 0.15) is 39.5 Å². The molecule has 0 aromatic carbocycles. The number of hydrogen-bond donors (Lipinski definition) is 0. The van der Waals surface area contributed by atoms with Gasteiger partial charge in [0.25, 0.3) is 0 Å². The van der Waals surface area contributed by atoms with Crippen molar-refractivity contribution in [2.75, 3.05) is 14.1 Å². The largest absolute Gasteiger partial charge is 0.446 e. The molecular formula is C11H22FNO2. The van der Waals surface area contributed by atoms with Gasteiger partial charge >= 0.3 is 6.09 Å². The number of hydrogen-bond acceptors (Lipinski definition) is 2. The highest BCUT2D eigenvalue weighted by Crippen LogP contribution is 2.13. The van der Waals surface area contributed by atoms with E-state index >= 15 is 0 Å². The Balaban J connectivity index is 3.97. The minimum Gasteiger partial charge on any atom is -0.446 e. The molecule has 0 rings (SSSR count). The SMILES string of the molecule is CCCC(CCC(C)F)OC(=O)N(C)C. The lowest BCUT2D eigenvalue weighted by atomic mass is 10.1. The molecule has 0 radical (unpaired) electrons. The first-order chi connectivity index (χ1) is 6.97. The van der Waals surface area contributed by atoms with Crippen LogP contribution < -0.4 is 0 Å². The van der Waals surface area contributed by atoms with Crippen molar-refractivity contribution in [1.82, 2.24) is 4.90 Å². The maximum atomic E-state index is 12.6. The van der Waals surface area contributed by atoms with Gasteiger partial charge in [0.15, 0.2) is 0 Å². The van der Waals surface area contributed by atoms with Crippen molar-refractivity contribution in [3.63, 3.8) is 0 Å². The van der Waals surface area contributed by atoms with E-state index in [4.69, 9.17) is 4.74 Å². The van der Waals surface area contributed by atoms with Crippen LogP contribution in [-0.2, 0) is 4.74 Å². The molecule has 0 aromatic rings. The third-order valence-corrected chi connectivity index (χ3v) is 2.13. The van der Waals surface area contributed by atoms with Crippen molar-refractivity contribution in [2.45, 2.75) is 51.8 Å². The molecule has 2 atom stereocenters. The van der Waals surface area contributed by atoms with E-state index in [2.05, 4.69) is 0 Å². The van der Waals surface area contributed by atoms with Crippen molar-refractivity contribution in [3.8, 4) is 0 Å².